The lowest BCUT2D eigenvalue weighted by atomic mass is 9.84. The van der Waals surface area contributed by atoms with E-state index in [0.29, 0.717) is 12.8 Å². The molecule has 0 aliphatic heterocycles. The van der Waals surface area contributed by atoms with Gasteiger partial charge in [-0.25, -0.2) is 0 Å². The average molecular weight is 453 g/mol. The van der Waals surface area contributed by atoms with Gasteiger partial charge in [0.1, 0.15) is 0 Å². The SMILES string of the molecule is CC.CCCCCC(O)c1ccc(C2C(CC=CCCCC(=O)O)[C@H](Cl)C[C@H]2O)cc1. The zero-order valence-electron chi connectivity index (χ0n) is 19.3. The molecule has 1 aliphatic carbocycles. The molecule has 0 amide bonds. The second-order valence-corrected chi connectivity index (χ2v) is 8.74. The van der Waals surface area contributed by atoms with Crippen molar-refractivity contribution >= 4 is 17.6 Å². The summed E-state index contributed by atoms with van der Waals surface area (Å²) in [5, 5.41) is 29.5. The zero-order valence-corrected chi connectivity index (χ0v) is 20.1. The summed E-state index contributed by atoms with van der Waals surface area (Å²) in [4.78, 5) is 10.6. The van der Waals surface area contributed by atoms with E-state index >= 15 is 0 Å². The van der Waals surface area contributed by atoms with Crippen molar-refractivity contribution in [2.45, 2.75) is 102 Å². The number of alkyl halides is 1. The first-order valence-electron chi connectivity index (χ1n) is 11.9. The maximum absolute atomic E-state index is 10.6. The minimum absolute atomic E-state index is 0.0209. The monoisotopic (exact) mass is 452 g/mol. The van der Waals surface area contributed by atoms with Crippen LogP contribution in [0, 0.1) is 5.92 Å². The van der Waals surface area contributed by atoms with Gasteiger partial charge >= 0.3 is 5.97 Å². The number of rotatable bonds is 12. The molecule has 1 fully saturated rings. The molecule has 0 aromatic heterocycles. The number of hydrogen-bond donors (Lipinski definition) is 3. The predicted molar refractivity (Wildman–Crippen MR) is 129 cm³/mol. The first-order chi connectivity index (χ1) is 14.9. The Morgan fingerprint density at radius 3 is 2.45 bits per heavy atom. The molecule has 1 aromatic carbocycles. The van der Waals surface area contributed by atoms with Gasteiger partial charge in [-0.1, -0.05) is 76.5 Å². The van der Waals surface area contributed by atoms with Crippen LogP contribution in [0.3, 0.4) is 0 Å². The van der Waals surface area contributed by atoms with E-state index in [1.165, 1.54) is 0 Å². The van der Waals surface area contributed by atoms with Crippen molar-refractivity contribution < 1.29 is 20.1 Å². The highest BCUT2D eigenvalue weighted by Gasteiger charge is 2.41. The summed E-state index contributed by atoms with van der Waals surface area (Å²) < 4.78 is 0. The molecule has 2 rings (SSSR count). The van der Waals surface area contributed by atoms with Crippen molar-refractivity contribution in [1.29, 1.82) is 0 Å². The Morgan fingerprint density at radius 1 is 1.16 bits per heavy atom. The molecule has 0 saturated heterocycles. The maximum Gasteiger partial charge on any atom is 0.303 e. The van der Waals surface area contributed by atoms with Crippen LogP contribution in [0.1, 0.15) is 102 Å². The van der Waals surface area contributed by atoms with E-state index in [9.17, 15) is 15.0 Å². The Bertz CT molecular complexity index is 643. The van der Waals surface area contributed by atoms with Gasteiger partial charge in [0.2, 0.25) is 0 Å². The Morgan fingerprint density at radius 2 is 1.84 bits per heavy atom. The Hall–Kier alpha value is -1.36. The van der Waals surface area contributed by atoms with Crippen LogP contribution in [-0.4, -0.2) is 32.8 Å². The molecule has 176 valence electrons. The summed E-state index contributed by atoms with van der Waals surface area (Å²) in [7, 11) is 0. The molecule has 3 N–H and O–H groups in total. The van der Waals surface area contributed by atoms with Gasteiger partial charge < -0.3 is 15.3 Å². The summed E-state index contributed by atoms with van der Waals surface area (Å²) in [5.41, 5.74) is 1.99. The average Bonchev–Trinajstić information content (AvgIpc) is 3.04. The van der Waals surface area contributed by atoms with Gasteiger partial charge in [-0.05, 0) is 49.1 Å². The second-order valence-electron chi connectivity index (χ2n) is 8.18. The molecule has 1 aromatic rings. The van der Waals surface area contributed by atoms with Gasteiger partial charge in [0.25, 0.3) is 0 Å². The minimum Gasteiger partial charge on any atom is -0.481 e. The molecule has 0 heterocycles. The van der Waals surface area contributed by atoms with Gasteiger partial charge in [0, 0.05) is 17.7 Å². The van der Waals surface area contributed by atoms with Crippen LogP contribution in [0.15, 0.2) is 36.4 Å². The summed E-state index contributed by atoms with van der Waals surface area (Å²) >= 11 is 6.54. The highest BCUT2D eigenvalue weighted by atomic mass is 35.5. The smallest absolute Gasteiger partial charge is 0.303 e. The van der Waals surface area contributed by atoms with Crippen molar-refractivity contribution in [3.63, 3.8) is 0 Å². The summed E-state index contributed by atoms with van der Waals surface area (Å²) in [6.07, 6.45) is 10.2. The molecular weight excluding hydrogens is 412 g/mol. The number of carbonyl (C=O) groups is 1. The van der Waals surface area contributed by atoms with Gasteiger partial charge in [-0.2, -0.15) is 0 Å². The van der Waals surface area contributed by atoms with E-state index < -0.39 is 18.2 Å². The highest BCUT2D eigenvalue weighted by molar-refractivity contribution is 6.21. The number of carboxylic acid groups (broad SMARTS) is 1. The van der Waals surface area contributed by atoms with Crippen LogP contribution in [0.4, 0.5) is 0 Å². The third kappa shape index (κ3) is 9.34. The Kier molecular flexibility index (Phi) is 13.8. The number of carboxylic acids is 1. The number of aliphatic carboxylic acids is 1. The van der Waals surface area contributed by atoms with Crippen LogP contribution < -0.4 is 0 Å². The van der Waals surface area contributed by atoms with Crippen LogP contribution in [0.5, 0.6) is 0 Å². The third-order valence-electron chi connectivity index (χ3n) is 5.93. The molecule has 4 nitrogen and oxygen atoms in total. The summed E-state index contributed by atoms with van der Waals surface area (Å²) in [6, 6.07) is 7.98. The van der Waals surface area contributed by atoms with E-state index in [0.717, 1.165) is 49.7 Å². The van der Waals surface area contributed by atoms with Crippen molar-refractivity contribution in [2.24, 2.45) is 5.92 Å². The van der Waals surface area contributed by atoms with Gasteiger partial charge in [-0.3, -0.25) is 4.79 Å². The number of allylic oxidation sites excluding steroid dienone is 2. The summed E-state index contributed by atoms with van der Waals surface area (Å²) in [5.74, 6) is -0.646. The second kappa shape index (κ2) is 15.4. The van der Waals surface area contributed by atoms with Crippen molar-refractivity contribution in [2.75, 3.05) is 0 Å². The Labute approximate surface area is 193 Å². The topological polar surface area (TPSA) is 77.8 Å². The fraction of sp³-hybridized carbons (Fsp3) is 0.654. The lowest BCUT2D eigenvalue weighted by molar-refractivity contribution is -0.137. The van der Waals surface area contributed by atoms with Crippen LogP contribution in [0.2, 0.25) is 0 Å². The van der Waals surface area contributed by atoms with E-state index in [2.05, 4.69) is 13.0 Å². The minimum atomic E-state index is -0.767. The third-order valence-corrected chi connectivity index (χ3v) is 6.43. The largest absolute Gasteiger partial charge is 0.481 e. The fourth-order valence-electron chi connectivity index (χ4n) is 4.26. The molecule has 0 spiro atoms. The highest BCUT2D eigenvalue weighted by Crippen LogP contribution is 2.45. The Balaban J connectivity index is 0.00000233. The molecule has 1 aliphatic rings. The van der Waals surface area contributed by atoms with E-state index in [4.69, 9.17) is 16.7 Å². The van der Waals surface area contributed by atoms with Crippen molar-refractivity contribution in [3.8, 4) is 0 Å². The number of halogens is 1. The molecule has 3 unspecified atom stereocenters. The number of benzene rings is 1. The van der Waals surface area contributed by atoms with Gasteiger partial charge in [-0.15, -0.1) is 11.6 Å². The lowest BCUT2D eigenvalue weighted by Crippen LogP contribution is -2.18. The number of aliphatic hydroxyl groups is 2. The van der Waals surface area contributed by atoms with Crippen LogP contribution in [-0.2, 0) is 4.79 Å². The van der Waals surface area contributed by atoms with Crippen molar-refractivity contribution in [3.05, 3.63) is 47.5 Å². The predicted octanol–water partition coefficient (Wildman–Crippen LogP) is 6.60. The molecule has 0 bridgehead atoms. The standard InChI is InChI=1S/C24H35ClO4.C2H6/c1-2-3-6-10-21(26)17-12-14-18(15-13-17)24-19(20(25)16-22(24)27)9-7-4-5-8-11-23(28)29;1-2/h4,7,12-15,19-22,24,26-27H,2-3,5-6,8-11,16H2,1H3,(H,28,29);1-2H3/t19?,20-,21?,22-,24?;/m1./s1. The molecule has 1 saturated carbocycles. The van der Waals surface area contributed by atoms with Gasteiger partial charge in [0.05, 0.1) is 12.2 Å². The number of aliphatic hydroxyl groups excluding tert-OH is 2. The zero-order chi connectivity index (χ0) is 23.2. The van der Waals surface area contributed by atoms with Crippen LogP contribution >= 0.6 is 11.6 Å². The maximum atomic E-state index is 10.6. The molecule has 0 radical (unpaired) electrons. The van der Waals surface area contributed by atoms with Gasteiger partial charge in [0.15, 0.2) is 0 Å². The molecule has 31 heavy (non-hydrogen) atoms. The lowest BCUT2D eigenvalue weighted by Gasteiger charge is -2.23. The van der Waals surface area contributed by atoms with E-state index in [1.807, 2.05) is 44.2 Å². The number of unbranched alkanes of at least 4 members (excludes halogenated alkanes) is 3. The normalized spacial score (nSPS) is 24.1. The van der Waals surface area contributed by atoms with E-state index in [-0.39, 0.29) is 23.6 Å². The van der Waals surface area contributed by atoms with E-state index in [1.54, 1.807) is 0 Å². The number of hydrogen-bond acceptors (Lipinski definition) is 3. The quantitative estimate of drug-likeness (QED) is 0.189. The summed E-state index contributed by atoms with van der Waals surface area (Å²) in [6.45, 7) is 6.15. The molecular formula is C26H41ClO4. The first-order valence-corrected chi connectivity index (χ1v) is 12.3. The molecule has 5 atom stereocenters. The first kappa shape index (κ1) is 27.7. The van der Waals surface area contributed by atoms with Crippen molar-refractivity contribution in [1.82, 2.24) is 0 Å². The fourth-order valence-corrected chi connectivity index (χ4v) is 4.71. The van der Waals surface area contributed by atoms with Crippen LogP contribution in [0.25, 0.3) is 0 Å². The molecule has 5 heteroatoms.